The molecule has 228 valence electrons. The van der Waals surface area contributed by atoms with Crippen LogP contribution in [0.2, 0.25) is 0 Å². The summed E-state index contributed by atoms with van der Waals surface area (Å²) in [6.07, 6.45) is 52.9. The molecule has 0 heterocycles. The fourth-order valence-electron chi connectivity index (χ4n) is 5.20. The van der Waals surface area contributed by atoms with Gasteiger partial charge in [0.15, 0.2) is 0 Å². The fraction of sp³-hybridized carbons (Fsp3) is 0.816. The van der Waals surface area contributed by atoms with E-state index in [-0.39, 0.29) is 0 Å². The van der Waals surface area contributed by atoms with Gasteiger partial charge in [0, 0.05) is 6.42 Å². The molecule has 0 aliphatic rings. The zero-order valence-corrected chi connectivity index (χ0v) is 26.9. The molecule has 0 saturated heterocycles. The first kappa shape index (κ1) is 37.9. The number of rotatable bonds is 32. The summed E-state index contributed by atoms with van der Waals surface area (Å²) in [7, 11) is 0. The van der Waals surface area contributed by atoms with Crippen molar-refractivity contribution in [2.45, 2.75) is 200 Å². The maximum atomic E-state index is 10.9. The van der Waals surface area contributed by atoms with E-state index in [1.807, 2.05) is 0 Å². The lowest BCUT2D eigenvalue weighted by atomic mass is 10.0. The van der Waals surface area contributed by atoms with Crippen LogP contribution in [-0.2, 0) is 4.79 Å². The molecule has 0 radical (unpaired) electrons. The Morgan fingerprint density at radius 2 is 0.590 bits per heavy atom. The van der Waals surface area contributed by atoms with Gasteiger partial charge in [-0.1, -0.05) is 140 Å². The second kappa shape index (κ2) is 34.9. The number of carbonyl (C=O) groups is 1. The van der Waals surface area contributed by atoms with Gasteiger partial charge in [-0.3, -0.25) is 0 Å². The molecule has 0 atom stereocenters. The first-order valence-corrected chi connectivity index (χ1v) is 17.7. The minimum Gasteiger partial charge on any atom is -0.300 e. The Balaban J connectivity index is 3.20. The first-order chi connectivity index (χ1) is 19.3. The standard InChI is InChI=1S/C38H70O/c1-3-4-5-6-7-8-9-10-11-12-13-14-15-16-17-18-19-20-21-22-23-24-25-26-27-28-29-30-31-32-33-34-35-36-37-38(2)39/h16-17,23-24,30-31H,3-15,18-22,25-29,32-37H2,1-2H3/b17-16+,24-23+,31-30+. The van der Waals surface area contributed by atoms with Gasteiger partial charge in [-0.15, -0.1) is 0 Å². The molecule has 0 aromatic heterocycles. The number of allylic oxidation sites excluding steroid dienone is 6. The molecule has 0 N–H and O–H groups in total. The van der Waals surface area contributed by atoms with Gasteiger partial charge in [-0.05, 0) is 90.4 Å². The summed E-state index contributed by atoms with van der Waals surface area (Å²) in [6.45, 7) is 3.99. The Morgan fingerprint density at radius 3 is 0.872 bits per heavy atom. The summed E-state index contributed by atoms with van der Waals surface area (Å²) in [5.74, 6) is 0.333. The van der Waals surface area contributed by atoms with Gasteiger partial charge < -0.3 is 4.79 Å². The average Bonchev–Trinajstić information content (AvgIpc) is 2.93. The molecule has 0 spiro atoms. The molecule has 0 rings (SSSR count). The maximum absolute atomic E-state index is 10.9. The molecule has 39 heavy (non-hydrogen) atoms. The van der Waals surface area contributed by atoms with Crippen LogP contribution in [-0.4, -0.2) is 5.78 Å². The quantitative estimate of drug-likeness (QED) is 0.0610. The number of hydrogen-bond acceptors (Lipinski definition) is 1. The predicted molar refractivity (Wildman–Crippen MR) is 178 cm³/mol. The zero-order chi connectivity index (χ0) is 28.3. The van der Waals surface area contributed by atoms with E-state index in [2.05, 4.69) is 43.4 Å². The van der Waals surface area contributed by atoms with Gasteiger partial charge in [0.2, 0.25) is 0 Å². The van der Waals surface area contributed by atoms with Crippen LogP contribution >= 0.6 is 0 Å². The van der Waals surface area contributed by atoms with Gasteiger partial charge in [0.05, 0.1) is 0 Å². The second-order valence-corrected chi connectivity index (χ2v) is 12.0. The third-order valence-electron chi connectivity index (χ3n) is 7.86. The van der Waals surface area contributed by atoms with E-state index >= 15 is 0 Å². The van der Waals surface area contributed by atoms with Crippen LogP contribution in [0.4, 0.5) is 0 Å². The van der Waals surface area contributed by atoms with Crippen molar-refractivity contribution in [3.63, 3.8) is 0 Å². The van der Waals surface area contributed by atoms with Crippen molar-refractivity contribution >= 4 is 5.78 Å². The first-order valence-electron chi connectivity index (χ1n) is 17.7. The van der Waals surface area contributed by atoms with E-state index in [0.717, 1.165) is 12.8 Å². The van der Waals surface area contributed by atoms with Crippen molar-refractivity contribution in [2.24, 2.45) is 0 Å². The van der Waals surface area contributed by atoms with Crippen LogP contribution in [0.1, 0.15) is 200 Å². The van der Waals surface area contributed by atoms with Gasteiger partial charge in [-0.25, -0.2) is 0 Å². The van der Waals surface area contributed by atoms with Crippen molar-refractivity contribution < 1.29 is 4.79 Å². The van der Waals surface area contributed by atoms with E-state index in [1.165, 1.54) is 173 Å². The molecule has 0 saturated carbocycles. The molecule has 0 amide bonds. The summed E-state index contributed by atoms with van der Waals surface area (Å²) in [5.41, 5.74) is 0. The molecule has 0 aliphatic heterocycles. The number of ketones is 1. The number of unbranched alkanes of at least 4 members (excludes halogenated alkanes) is 24. The average molecular weight is 543 g/mol. The largest absolute Gasteiger partial charge is 0.300 e. The molecule has 0 aromatic carbocycles. The summed E-state index contributed by atoms with van der Waals surface area (Å²) >= 11 is 0. The van der Waals surface area contributed by atoms with Crippen LogP contribution in [0.15, 0.2) is 36.5 Å². The molecule has 1 nitrogen and oxygen atoms in total. The summed E-state index contributed by atoms with van der Waals surface area (Å²) in [6, 6.07) is 0. The van der Waals surface area contributed by atoms with Gasteiger partial charge in [0.1, 0.15) is 5.78 Å². The SMILES string of the molecule is CCCCCCCCCCCCCC/C=C/CCCCC/C=C/CCCCC/C=C/CCCCCCC(C)=O. The lowest BCUT2D eigenvalue weighted by Crippen LogP contribution is -1.88. The Kier molecular flexibility index (Phi) is 33.9. The van der Waals surface area contributed by atoms with Crippen LogP contribution in [0.3, 0.4) is 0 Å². The van der Waals surface area contributed by atoms with E-state index < -0.39 is 0 Å². The Bertz CT molecular complexity index is 555. The minimum atomic E-state index is 0.333. The smallest absolute Gasteiger partial charge is 0.129 e. The van der Waals surface area contributed by atoms with Gasteiger partial charge in [0.25, 0.3) is 0 Å². The third-order valence-corrected chi connectivity index (χ3v) is 7.86. The van der Waals surface area contributed by atoms with E-state index in [1.54, 1.807) is 6.92 Å². The van der Waals surface area contributed by atoms with Crippen molar-refractivity contribution in [3.8, 4) is 0 Å². The Morgan fingerprint density at radius 1 is 0.359 bits per heavy atom. The topological polar surface area (TPSA) is 17.1 Å². The van der Waals surface area contributed by atoms with Crippen LogP contribution in [0.25, 0.3) is 0 Å². The molecule has 1 heteroatoms. The van der Waals surface area contributed by atoms with E-state index in [0.29, 0.717) is 5.78 Å². The van der Waals surface area contributed by atoms with Gasteiger partial charge >= 0.3 is 0 Å². The summed E-state index contributed by atoms with van der Waals surface area (Å²) in [5, 5.41) is 0. The van der Waals surface area contributed by atoms with E-state index in [4.69, 9.17) is 0 Å². The number of carbonyl (C=O) groups excluding carboxylic acids is 1. The molecule has 0 unspecified atom stereocenters. The van der Waals surface area contributed by atoms with Crippen molar-refractivity contribution in [1.82, 2.24) is 0 Å². The highest BCUT2D eigenvalue weighted by Gasteiger charge is 1.94. The Labute approximate surface area is 246 Å². The maximum Gasteiger partial charge on any atom is 0.129 e. The van der Waals surface area contributed by atoms with Crippen molar-refractivity contribution in [3.05, 3.63) is 36.5 Å². The summed E-state index contributed by atoms with van der Waals surface area (Å²) in [4.78, 5) is 10.9. The van der Waals surface area contributed by atoms with Crippen LogP contribution in [0, 0.1) is 0 Å². The van der Waals surface area contributed by atoms with Crippen molar-refractivity contribution in [2.75, 3.05) is 0 Å². The molecule has 0 fully saturated rings. The van der Waals surface area contributed by atoms with Gasteiger partial charge in [-0.2, -0.15) is 0 Å². The molecular formula is C38H70O. The van der Waals surface area contributed by atoms with Crippen LogP contribution in [0.5, 0.6) is 0 Å². The lowest BCUT2D eigenvalue weighted by molar-refractivity contribution is -0.117. The monoisotopic (exact) mass is 543 g/mol. The highest BCUT2D eigenvalue weighted by molar-refractivity contribution is 5.75. The Hall–Kier alpha value is -1.11. The fourth-order valence-corrected chi connectivity index (χ4v) is 5.20. The summed E-state index contributed by atoms with van der Waals surface area (Å²) < 4.78 is 0. The molecule has 0 aromatic rings. The number of hydrogen-bond donors (Lipinski definition) is 0. The number of Topliss-reactive ketones (excluding diaryl/α,β-unsaturated/α-hetero) is 1. The highest BCUT2D eigenvalue weighted by Crippen LogP contribution is 2.13. The molecular weight excluding hydrogens is 472 g/mol. The minimum absolute atomic E-state index is 0.333. The lowest BCUT2D eigenvalue weighted by Gasteiger charge is -2.02. The van der Waals surface area contributed by atoms with E-state index in [9.17, 15) is 4.79 Å². The third kappa shape index (κ3) is 36.9. The molecule has 0 bridgehead atoms. The van der Waals surface area contributed by atoms with Crippen molar-refractivity contribution in [1.29, 1.82) is 0 Å². The molecule has 0 aliphatic carbocycles. The van der Waals surface area contributed by atoms with Crippen LogP contribution < -0.4 is 0 Å². The second-order valence-electron chi connectivity index (χ2n) is 12.0. The predicted octanol–water partition coefficient (Wildman–Crippen LogP) is 13.6. The zero-order valence-electron chi connectivity index (χ0n) is 26.9. The highest BCUT2D eigenvalue weighted by atomic mass is 16.1. The normalized spacial score (nSPS) is 12.1.